The van der Waals surface area contributed by atoms with E-state index in [-0.39, 0.29) is 0 Å². The number of benzene rings is 1. The van der Waals surface area contributed by atoms with Gasteiger partial charge in [0.15, 0.2) is 5.96 Å². The summed E-state index contributed by atoms with van der Waals surface area (Å²) in [5.74, 6) is 0.608. The number of rotatable bonds is 4. The van der Waals surface area contributed by atoms with Crippen LogP contribution in [0.4, 0.5) is 0 Å². The van der Waals surface area contributed by atoms with E-state index in [1.54, 1.807) is 32.3 Å². The molecule has 0 aliphatic carbocycles. The molecule has 0 amide bonds. The van der Waals surface area contributed by atoms with Gasteiger partial charge in [0, 0.05) is 34.7 Å². The maximum absolute atomic E-state index is 12.2. The van der Waals surface area contributed by atoms with E-state index in [1.165, 1.54) is 18.4 Å². The lowest BCUT2D eigenvalue weighted by molar-refractivity contribution is 0.519. The molecule has 0 radical (unpaired) electrons. The Bertz CT molecular complexity index is 553. The van der Waals surface area contributed by atoms with E-state index >= 15 is 0 Å². The summed E-state index contributed by atoms with van der Waals surface area (Å²) in [6, 6.07) is 6.92. The van der Waals surface area contributed by atoms with Crippen molar-refractivity contribution in [1.82, 2.24) is 14.9 Å². The number of hydrogen-bond acceptors (Lipinski definition) is 3. The van der Waals surface area contributed by atoms with Gasteiger partial charge in [-0.1, -0.05) is 18.2 Å². The van der Waals surface area contributed by atoms with E-state index in [0.717, 1.165) is 0 Å². The Balaban J connectivity index is 3.04. The SMILES string of the molecule is CN=C(NC)NCc1ccccc1S(=O)(=O)N(C)C. The van der Waals surface area contributed by atoms with Gasteiger partial charge < -0.3 is 10.6 Å². The Morgan fingerprint density at radius 3 is 2.47 bits per heavy atom. The first-order chi connectivity index (χ1) is 8.93. The number of nitrogens with zero attached hydrogens (tertiary/aromatic N) is 2. The fourth-order valence-corrected chi connectivity index (χ4v) is 2.67. The largest absolute Gasteiger partial charge is 0.359 e. The van der Waals surface area contributed by atoms with Crippen LogP contribution in [0, 0.1) is 0 Å². The van der Waals surface area contributed by atoms with Gasteiger partial charge in [0.1, 0.15) is 0 Å². The highest BCUT2D eigenvalue weighted by Gasteiger charge is 2.20. The van der Waals surface area contributed by atoms with Crippen LogP contribution in [0.25, 0.3) is 0 Å². The van der Waals surface area contributed by atoms with E-state index in [9.17, 15) is 8.42 Å². The van der Waals surface area contributed by atoms with Gasteiger partial charge in [-0.2, -0.15) is 0 Å². The Kier molecular flexibility index (Phi) is 5.31. The highest BCUT2D eigenvalue weighted by molar-refractivity contribution is 7.89. The molecule has 6 nitrogen and oxygen atoms in total. The highest BCUT2D eigenvalue weighted by atomic mass is 32.2. The summed E-state index contributed by atoms with van der Waals surface area (Å²) in [7, 11) is 3.01. The second-order valence-electron chi connectivity index (χ2n) is 4.07. The summed E-state index contributed by atoms with van der Waals surface area (Å²) in [6.45, 7) is 0.386. The van der Waals surface area contributed by atoms with Crippen LogP contribution in [0.15, 0.2) is 34.2 Å². The predicted molar refractivity (Wildman–Crippen MR) is 76.6 cm³/mol. The molecule has 0 bridgehead atoms. The van der Waals surface area contributed by atoms with Crippen molar-refractivity contribution in [3.63, 3.8) is 0 Å². The number of guanidine groups is 1. The van der Waals surface area contributed by atoms with Crippen molar-refractivity contribution in [2.75, 3.05) is 28.2 Å². The van der Waals surface area contributed by atoms with E-state index in [1.807, 2.05) is 6.07 Å². The lowest BCUT2D eigenvalue weighted by Crippen LogP contribution is -2.34. The predicted octanol–water partition coefficient (Wildman–Crippen LogP) is 0.232. The van der Waals surface area contributed by atoms with Crippen molar-refractivity contribution in [3.8, 4) is 0 Å². The summed E-state index contributed by atoms with van der Waals surface area (Å²) >= 11 is 0. The van der Waals surface area contributed by atoms with Crippen LogP contribution in [0.5, 0.6) is 0 Å². The minimum absolute atomic E-state index is 0.305. The summed E-state index contributed by atoms with van der Waals surface area (Å²) in [6.07, 6.45) is 0. The molecule has 1 rings (SSSR count). The van der Waals surface area contributed by atoms with E-state index in [4.69, 9.17) is 0 Å². The normalized spacial score (nSPS) is 12.6. The molecule has 2 N–H and O–H groups in total. The molecule has 0 heterocycles. The Morgan fingerprint density at radius 2 is 1.95 bits per heavy atom. The highest BCUT2D eigenvalue weighted by Crippen LogP contribution is 2.18. The minimum Gasteiger partial charge on any atom is -0.359 e. The third-order valence-electron chi connectivity index (χ3n) is 2.64. The average molecular weight is 284 g/mol. The number of hydrogen-bond donors (Lipinski definition) is 2. The fourth-order valence-electron chi connectivity index (χ4n) is 1.56. The zero-order valence-corrected chi connectivity index (χ0v) is 12.5. The van der Waals surface area contributed by atoms with Crippen molar-refractivity contribution in [1.29, 1.82) is 0 Å². The van der Waals surface area contributed by atoms with Crippen LogP contribution in [0.2, 0.25) is 0 Å². The van der Waals surface area contributed by atoms with Crippen LogP contribution >= 0.6 is 0 Å². The van der Waals surface area contributed by atoms with Gasteiger partial charge in [-0.3, -0.25) is 4.99 Å². The van der Waals surface area contributed by atoms with Gasteiger partial charge >= 0.3 is 0 Å². The quantitative estimate of drug-likeness (QED) is 0.613. The van der Waals surface area contributed by atoms with Crippen LogP contribution in [-0.2, 0) is 16.6 Å². The van der Waals surface area contributed by atoms with Crippen LogP contribution in [0.3, 0.4) is 0 Å². The topological polar surface area (TPSA) is 73.8 Å². The van der Waals surface area contributed by atoms with Gasteiger partial charge in [-0.15, -0.1) is 0 Å². The number of aliphatic imine (C=N–C) groups is 1. The van der Waals surface area contributed by atoms with Crippen molar-refractivity contribution >= 4 is 16.0 Å². The standard InChI is InChI=1S/C12H20N4O2S/c1-13-12(14-2)15-9-10-7-5-6-8-11(10)19(17,18)16(3)4/h5-8H,9H2,1-4H3,(H2,13,14,15). The first-order valence-corrected chi connectivity index (χ1v) is 7.26. The smallest absolute Gasteiger partial charge is 0.242 e. The molecule has 1 aromatic rings. The molecule has 19 heavy (non-hydrogen) atoms. The lowest BCUT2D eigenvalue weighted by Gasteiger charge is -2.16. The molecule has 1 aromatic carbocycles. The molecule has 0 aliphatic heterocycles. The van der Waals surface area contributed by atoms with E-state index in [0.29, 0.717) is 23.0 Å². The Labute approximate surface area is 114 Å². The van der Waals surface area contributed by atoms with E-state index < -0.39 is 10.0 Å². The second kappa shape index (κ2) is 6.53. The van der Waals surface area contributed by atoms with Crippen LogP contribution < -0.4 is 10.6 Å². The molecule has 0 spiro atoms. The van der Waals surface area contributed by atoms with Crippen LogP contribution in [-0.4, -0.2) is 46.9 Å². The van der Waals surface area contributed by atoms with Gasteiger partial charge in [0.2, 0.25) is 10.0 Å². The van der Waals surface area contributed by atoms with E-state index in [2.05, 4.69) is 15.6 Å². The lowest BCUT2D eigenvalue weighted by atomic mass is 10.2. The molecule has 106 valence electrons. The van der Waals surface area contributed by atoms with Gasteiger partial charge in [-0.25, -0.2) is 12.7 Å². The molecule has 0 saturated heterocycles. The van der Waals surface area contributed by atoms with Crippen molar-refractivity contribution < 1.29 is 8.42 Å². The van der Waals surface area contributed by atoms with Gasteiger partial charge in [0.05, 0.1) is 4.90 Å². The molecular formula is C12H20N4O2S. The third-order valence-corrected chi connectivity index (χ3v) is 4.55. The number of sulfonamides is 1. The summed E-state index contributed by atoms with van der Waals surface area (Å²) < 4.78 is 25.6. The first-order valence-electron chi connectivity index (χ1n) is 5.82. The zero-order chi connectivity index (χ0) is 14.5. The first kappa shape index (κ1) is 15.5. The summed E-state index contributed by atoms with van der Waals surface area (Å²) in [5, 5.41) is 5.92. The van der Waals surface area contributed by atoms with Gasteiger partial charge in [0.25, 0.3) is 0 Å². The second-order valence-corrected chi connectivity index (χ2v) is 6.19. The molecule has 0 aromatic heterocycles. The average Bonchev–Trinajstić information content (AvgIpc) is 2.40. The monoisotopic (exact) mass is 284 g/mol. The molecule has 7 heteroatoms. The molecule has 0 fully saturated rings. The Hall–Kier alpha value is -1.60. The molecule has 0 atom stereocenters. The van der Waals surface area contributed by atoms with Crippen molar-refractivity contribution in [2.24, 2.45) is 4.99 Å². The molecule has 0 aliphatic rings. The van der Waals surface area contributed by atoms with Crippen molar-refractivity contribution in [3.05, 3.63) is 29.8 Å². The van der Waals surface area contributed by atoms with Crippen molar-refractivity contribution in [2.45, 2.75) is 11.4 Å². The molecule has 0 unspecified atom stereocenters. The maximum Gasteiger partial charge on any atom is 0.242 e. The third kappa shape index (κ3) is 3.68. The summed E-state index contributed by atoms with van der Waals surface area (Å²) in [4.78, 5) is 4.29. The minimum atomic E-state index is -3.44. The van der Waals surface area contributed by atoms with Gasteiger partial charge in [-0.05, 0) is 11.6 Å². The summed E-state index contributed by atoms with van der Waals surface area (Å²) in [5.41, 5.74) is 0.701. The number of nitrogens with one attached hydrogen (secondary N) is 2. The molecule has 0 saturated carbocycles. The van der Waals surface area contributed by atoms with Crippen LogP contribution in [0.1, 0.15) is 5.56 Å². The maximum atomic E-state index is 12.2. The fraction of sp³-hybridized carbons (Fsp3) is 0.417. The zero-order valence-electron chi connectivity index (χ0n) is 11.6. The Morgan fingerprint density at radius 1 is 1.32 bits per heavy atom. The molecular weight excluding hydrogens is 264 g/mol.